The second-order valence-electron chi connectivity index (χ2n) is 5.57. The van der Waals surface area contributed by atoms with Gasteiger partial charge in [-0.1, -0.05) is 18.0 Å². The van der Waals surface area contributed by atoms with E-state index in [1.54, 1.807) is 6.20 Å². The molecule has 3 rings (SSSR count). The number of nitrogens with one attached hydrogen (secondary N) is 1. The fraction of sp³-hybridized carbons (Fsp3) is 0.500. The summed E-state index contributed by atoms with van der Waals surface area (Å²) < 4.78 is 0. The van der Waals surface area contributed by atoms with Gasteiger partial charge in [0.1, 0.15) is 5.15 Å². The topological polar surface area (TPSA) is 41.0 Å². The number of rotatable bonds is 5. The zero-order valence-electron chi connectivity index (χ0n) is 12.2. The Morgan fingerprint density at radius 1 is 1.24 bits per heavy atom. The number of piperidine rings is 1. The molecule has 1 aliphatic rings. The van der Waals surface area contributed by atoms with Gasteiger partial charge in [0.05, 0.1) is 5.52 Å². The van der Waals surface area contributed by atoms with Crippen LogP contribution in [0.3, 0.4) is 0 Å². The SMILES string of the molecule is Clc1cc(NCCCN2CCCCC2)c2cnccc2n1. The first-order chi connectivity index (χ1) is 10.3. The van der Waals surface area contributed by atoms with Crippen molar-refractivity contribution in [3.8, 4) is 0 Å². The summed E-state index contributed by atoms with van der Waals surface area (Å²) in [5.41, 5.74) is 1.91. The minimum Gasteiger partial charge on any atom is -0.384 e. The first-order valence-corrected chi connectivity index (χ1v) is 8.07. The molecule has 0 spiro atoms. The average molecular weight is 305 g/mol. The van der Waals surface area contributed by atoms with E-state index in [1.807, 2.05) is 18.3 Å². The third-order valence-electron chi connectivity index (χ3n) is 3.99. The van der Waals surface area contributed by atoms with E-state index in [4.69, 9.17) is 11.6 Å². The minimum absolute atomic E-state index is 0.521. The highest BCUT2D eigenvalue weighted by molar-refractivity contribution is 6.30. The second-order valence-corrected chi connectivity index (χ2v) is 5.96. The van der Waals surface area contributed by atoms with Crippen molar-refractivity contribution in [1.29, 1.82) is 0 Å². The van der Waals surface area contributed by atoms with E-state index >= 15 is 0 Å². The first-order valence-electron chi connectivity index (χ1n) is 7.69. The molecule has 112 valence electrons. The number of likely N-dealkylation sites (tertiary alicyclic amines) is 1. The molecule has 3 heterocycles. The normalized spacial score (nSPS) is 16.2. The van der Waals surface area contributed by atoms with Crippen molar-refractivity contribution in [3.05, 3.63) is 29.7 Å². The summed E-state index contributed by atoms with van der Waals surface area (Å²) in [7, 11) is 0. The molecule has 1 saturated heterocycles. The zero-order valence-corrected chi connectivity index (χ0v) is 12.9. The molecule has 5 heteroatoms. The van der Waals surface area contributed by atoms with E-state index in [1.165, 1.54) is 38.9 Å². The van der Waals surface area contributed by atoms with E-state index < -0.39 is 0 Å². The summed E-state index contributed by atoms with van der Waals surface area (Å²) >= 11 is 6.08. The van der Waals surface area contributed by atoms with Gasteiger partial charge in [-0.3, -0.25) is 4.98 Å². The van der Waals surface area contributed by atoms with Gasteiger partial charge in [-0.25, -0.2) is 4.98 Å². The monoisotopic (exact) mass is 304 g/mol. The van der Waals surface area contributed by atoms with Gasteiger partial charge in [0.15, 0.2) is 0 Å². The lowest BCUT2D eigenvalue weighted by molar-refractivity contribution is 0.228. The van der Waals surface area contributed by atoms with Gasteiger partial charge in [0, 0.05) is 30.0 Å². The number of nitrogens with zero attached hydrogens (tertiary/aromatic N) is 3. The quantitative estimate of drug-likeness (QED) is 0.677. The molecular weight excluding hydrogens is 284 g/mol. The standard InChI is InChI=1S/C16H21ClN4/c17-16-11-15(13-12-18-7-5-14(13)20-16)19-6-4-10-21-8-2-1-3-9-21/h5,7,11-12H,1-4,6,8-10H2,(H,19,20). The number of pyridine rings is 2. The van der Waals surface area contributed by atoms with Crippen molar-refractivity contribution >= 4 is 28.2 Å². The summed E-state index contributed by atoms with van der Waals surface area (Å²) in [6.07, 6.45) is 8.82. The summed E-state index contributed by atoms with van der Waals surface area (Å²) in [5, 5.41) is 5.03. The fourth-order valence-corrected chi connectivity index (χ4v) is 3.09. The molecule has 0 atom stereocenters. The predicted octanol–water partition coefficient (Wildman–Crippen LogP) is 3.57. The molecule has 1 N–H and O–H groups in total. The number of halogens is 1. The molecule has 2 aromatic heterocycles. The van der Waals surface area contributed by atoms with E-state index in [0.717, 1.165) is 29.6 Å². The Balaban J connectivity index is 1.57. The molecule has 0 aromatic carbocycles. The lowest BCUT2D eigenvalue weighted by Crippen LogP contribution is -2.31. The lowest BCUT2D eigenvalue weighted by atomic mass is 10.1. The largest absolute Gasteiger partial charge is 0.384 e. The van der Waals surface area contributed by atoms with Crippen LogP contribution in [0.5, 0.6) is 0 Å². The average Bonchev–Trinajstić information content (AvgIpc) is 2.52. The van der Waals surface area contributed by atoms with Crippen LogP contribution < -0.4 is 5.32 Å². The molecule has 4 nitrogen and oxygen atoms in total. The maximum Gasteiger partial charge on any atom is 0.131 e. The highest BCUT2D eigenvalue weighted by atomic mass is 35.5. The molecule has 2 aromatic rings. The van der Waals surface area contributed by atoms with Crippen LogP contribution in [0.15, 0.2) is 24.5 Å². The van der Waals surface area contributed by atoms with Crippen LogP contribution in [-0.4, -0.2) is 41.0 Å². The van der Waals surface area contributed by atoms with Crippen molar-refractivity contribution in [3.63, 3.8) is 0 Å². The number of fused-ring (bicyclic) bond motifs is 1. The molecule has 1 aliphatic heterocycles. The highest BCUT2D eigenvalue weighted by Gasteiger charge is 2.09. The smallest absolute Gasteiger partial charge is 0.131 e. The van der Waals surface area contributed by atoms with Crippen molar-refractivity contribution in [1.82, 2.24) is 14.9 Å². The molecule has 1 fully saturated rings. The Morgan fingerprint density at radius 2 is 2.10 bits per heavy atom. The third-order valence-corrected chi connectivity index (χ3v) is 4.19. The van der Waals surface area contributed by atoms with E-state index in [2.05, 4.69) is 20.2 Å². The molecule has 0 unspecified atom stereocenters. The maximum absolute atomic E-state index is 6.08. The van der Waals surface area contributed by atoms with Crippen LogP contribution >= 0.6 is 11.6 Å². The van der Waals surface area contributed by atoms with E-state index in [0.29, 0.717) is 5.15 Å². The molecule has 0 radical (unpaired) electrons. The maximum atomic E-state index is 6.08. The van der Waals surface area contributed by atoms with Crippen LogP contribution in [-0.2, 0) is 0 Å². The van der Waals surface area contributed by atoms with Gasteiger partial charge in [-0.05, 0) is 51.0 Å². The Labute approximate surface area is 130 Å². The van der Waals surface area contributed by atoms with Crippen LogP contribution in [0, 0.1) is 0 Å². The van der Waals surface area contributed by atoms with Crippen LogP contribution in [0.2, 0.25) is 5.15 Å². The predicted molar refractivity (Wildman–Crippen MR) is 87.9 cm³/mol. The third kappa shape index (κ3) is 3.83. The number of aromatic nitrogens is 2. The molecule has 0 bridgehead atoms. The molecule has 0 amide bonds. The zero-order chi connectivity index (χ0) is 14.5. The molecule has 0 aliphatic carbocycles. The Morgan fingerprint density at radius 3 is 2.95 bits per heavy atom. The Bertz CT molecular complexity index is 596. The number of anilines is 1. The summed E-state index contributed by atoms with van der Waals surface area (Å²) in [6, 6.07) is 3.77. The highest BCUT2D eigenvalue weighted by Crippen LogP contribution is 2.24. The van der Waals surface area contributed by atoms with Gasteiger partial charge in [-0.2, -0.15) is 0 Å². The summed E-state index contributed by atoms with van der Waals surface area (Å²) in [5.74, 6) is 0. The van der Waals surface area contributed by atoms with E-state index in [-0.39, 0.29) is 0 Å². The van der Waals surface area contributed by atoms with Crippen molar-refractivity contribution in [2.45, 2.75) is 25.7 Å². The fourth-order valence-electron chi connectivity index (χ4n) is 2.89. The minimum atomic E-state index is 0.521. The first kappa shape index (κ1) is 14.5. The van der Waals surface area contributed by atoms with Gasteiger partial charge >= 0.3 is 0 Å². The number of hydrogen-bond acceptors (Lipinski definition) is 4. The molecular formula is C16H21ClN4. The van der Waals surface area contributed by atoms with Crippen LogP contribution in [0.4, 0.5) is 5.69 Å². The second kappa shape index (κ2) is 7.05. The molecule has 21 heavy (non-hydrogen) atoms. The van der Waals surface area contributed by atoms with E-state index in [9.17, 15) is 0 Å². The summed E-state index contributed by atoms with van der Waals surface area (Å²) in [4.78, 5) is 11.0. The van der Waals surface area contributed by atoms with Gasteiger partial charge in [0.2, 0.25) is 0 Å². The van der Waals surface area contributed by atoms with Crippen molar-refractivity contribution < 1.29 is 0 Å². The van der Waals surface area contributed by atoms with Gasteiger partial charge in [0.25, 0.3) is 0 Å². The Hall–Kier alpha value is -1.39. The van der Waals surface area contributed by atoms with Gasteiger partial charge < -0.3 is 10.2 Å². The summed E-state index contributed by atoms with van der Waals surface area (Å²) in [6.45, 7) is 4.63. The molecule has 0 saturated carbocycles. The van der Waals surface area contributed by atoms with Crippen molar-refractivity contribution in [2.75, 3.05) is 31.5 Å². The van der Waals surface area contributed by atoms with Crippen LogP contribution in [0.1, 0.15) is 25.7 Å². The van der Waals surface area contributed by atoms with Crippen molar-refractivity contribution in [2.24, 2.45) is 0 Å². The number of hydrogen-bond donors (Lipinski definition) is 1. The van der Waals surface area contributed by atoms with Gasteiger partial charge in [-0.15, -0.1) is 0 Å². The van der Waals surface area contributed by atoms with Crippen LogP contribution in [0.25, 0.3) is 10.9 Å². The lowest BCUT2D eigenvalue weighted by Gasteiger charge is -2.26. The Kier molecular flexibility index (Phi) is 4.88.